The van der Waals surface area contributed by atoms with Gasteiger partial charge in [-0.2, -0.15) is 0 Å². The van der Waals surface area contributed by atoms with Crippen LogP contribution in [0, 0.1) is 0 Å². The van der Waals surface area contributed by atoms with Gasteiger partial charge in [-0.25, -0.2) is 4.98 Å². The van der Waals surface area contributed by atoms with Crippen molar-refractivity contribution in [1.82, 2.24) is 10.3 Å². The largest absolute Gasteiger partial charge is 0.481 e. The third kappa shape index (κ3) is 5.31. The minimum atomic E-state index is 0.0121. The van der Waals surface area contributed by atoms with Crippen molar-refractivity contribution in [3.8, 4) is 5.88 Å². The quantitative estimate of drug-likeness (QED) is 0.768. The summed E-state index contributed by atoms with van der Waals surface area (Å²) in [5.41, 5.74) is 6.54. The Kier molecular flexibility index (Phi) is 5.42. The topological polar surface area (TPSA) is 77.2 Å². The summed E-state index contributed by atoms with van der Waals surface area (Å²) >= 11 is 0. The number of carbonyl (C=O) groups is 1. The molecule has 0 aliphatic carbocycles. The zero-order chi connectivity index (χ0) is 12.7. The van der Waals surface area contributed by atoms with E-state index in [1.54, 1.807) is 19.4 Å². The van der Waals surface area contributed by atoms with Gasteiger partial charge >= 0.3 is 0 Å². The summed E-state index contributed by atoms with van der Waals surface area (Å²) in [4.78, 5) is 15.5. The van der Waals surface area contributed by atoms with Gasteiger partial charge in [0.2, 0.25) is 11.8 Å². The first kappa shape index (κ1) is 13.4. The van der Waals surface area contributed by atoms with Crippen molar-refractivity contribution in [2.45, 2.75) is 32.4 Å². The minimum absolute atomic E-state index is 0.0121. The fourth-order valence-electron chi connectivity index (χ4n) is 1.32. The van der Waals surface area contributed by atoms with Crippen LogP contribution >= 0.6 is 0 Å². The third-order valence-corrected chi connectivity index (χ3v) is 2.32. The number of rotatable bonds is 6. The predicted octanol–water partition coefficient (Wildman–Crippen LogP) is 0.834. The van der Waals surface area contributed by atoms with E-state index in [1.807, 2.05) is 13.0 Å². The van der Waals surface area contributed by atoms with E-state index in [9.17, 15) is 4.79 Å². The van der Waals surface area contributed by atoms with Gasteiger partial charge in [0.25, 0.3) is 0 Å². The molecule has 1 aromatic heterocycles. The number of hydrogen-bond acceptors (Lipinski definition) is 4. The van der Waals surface area contributed by atoms with E-state index in [2.05, 4.69) is 10.3 Å². The molecule has 0 saturated heterocycles. The molecule has 1 atom stereocenters. The number of aromatic nitrogens is 1. The average molecular weight is 237 g/mol. The summed E-state index contributed by atoms with van der Waals surface area (Å²) in [7, 11) is 1.56. The van der Waals surface area contributed by atoms with Crippen molar-refractivity contribution in [3.05, 3.63) is 23.9 Å². The molecule has 3 N–H and O–H groups in total. The van der Waals surface area contributed by atoms with Gasteiger partial charge < -0.3 is 15.8 Å². The lowest BCUT2D eigenvalue weighted by molar-refractivity contribution is -0.121. The number of hydrogen-bond donors (Lipinski definition) is 2. The first-order valence-corrected chi connectivity index (χ1v) is 5.63. The van der Waals surface area contributed by atoms with Crippen molar-refractivity contribution < 1.29 is 9.53 Å². The molecular weight excluding hydrogens is 218 g/mol. The molecule has 0 aromatic carbocycles. The summed E-state index contributed by atoms with van der Waals surface area (Å²) < 4.78 is 5.00. The van der Waals surface area contributed by atoms with Gasteiger partial charge in [-0.1, -0.05) is 0 Å². The molecule has 0 spiro atoms. The normalized spacial score (nSPS) is 11.9. The number of methoxy groups -OCH3 is 1. The monoisotopic (exact) mass is 237 g/mol. The van der Waals surface area contributed by atoms with Crippen LogP contribution in [0.1, 0.15) is 25.3 Å². The maximum atomic E-state index is 11.5. The van der Waals surface area contributed by atoms with Crippen molar-refractivity contribution in [1.29, 1.82) is 0 Å². The van der Waals surface area contributed by atoms with Crippen molar-refractivity contribution in [2.24, 2.45) is 5.73 Å². The molecule has 5 heteroatoms. The molecule has 94 valence electrons. The van der Waals surface area contributed by atoms with Crippen LogP contribution < -0.4 is 15.8 Å². The van der Waals surface area contributed by atoms with E-state index in [-0.39, 0.29) is 11.9 Å². The number of nitrogens with one attached hydrogen (secondary N) is 1. The van der Waals surface area contributed by atoms with E-state index in [1.165, 1.54) is 0 Å². The van der Waals surface area contributed by atoms with Crippen LogP contribution in [0.15, 0.2) is 18.3 Å². The molecule has 1 amide bonds. The Bertz CT molecular complexity index is 367. The maximum Gasteiger partial charge on any atom is 0.220 e. The molecule has 0 radical (unpaired) electrons. The van der Waals surface area contributed by atoms with Crippen LogP contribution in [-0.2, 0) is 11.3 Å². The summed E-state index contributed by atoms with van der Waals surface area (Å²) in [6, 6.07) is 3.70. The van der Waals surface area contributed by atoms with Crippen LogP contribution in [0.25, 0.3) is 0 Å². The number of amides is 1. The Balaban J connectivity index is 2.36. The van der Waals surface area contributed by atoms with E-state index in [0.717, 1.165) is 5.56 Å². The van der Waals surface area contributed by atoms with E-state index in [0.29, 0.717) is 25.3 Å². The van der Waals surface area contributed by atoms with Crippen LogP contribution in [0.4, 0.5) is 0 Å². The molecule has 0 fully saturated rings. The number of nitrogens with zero attached hydrogens (tertiary/aromatic N) is 1. The molecule has 1 aromatic rings. The second kappa shape index (κ2) is 6.85. The van der Waals surface area contributed by atoms with E-state index in [4.69, 9.17) is 10.5 Å². The number of nitrogens with two attached hydrogens (primary N) is 1. The van der Waals surface area contributed by atoms with Gasteiger partial charge in [-0.05, 0) is 25.0 Å². The zero-order valence-electron chi connectivity index (χ0n) is 10.3. The Morgan fingerprint density at radius 3 is 3.06 bits per heavy atom. The highest BCUT2D eigenvalue weighted by Gasteiger charge is 2.04. The molecule has 17 heavy (non-hydrogen) atoms. The Morgan fingerprint density at radius 1 is 1.65 bits per heavy atom. The summed E-state index contributed by atoms with van der Waals surface area (Å²) in [6.07, 6.45) is 2.81. The average Bonchev–Trinajstić information content (AvgIpc) is 2.34. The van der Waals surface area contributed by atoms with Gasteiger partial charge in [0.1, 0.15) is 0 Å². The van der Waals surface area contributed by atoms with E-state index < -0.39 is 0 Å². The highest BCUT2D eigenvalue weighted by molar-refractivity contribution is 5.75. The smallest absolute Gasteiger partial charge is 0.220 e. The fourth-order valence-corrected chi connectivity index (χ4v) is 1.32. The lowest BCUT2D eigenvalue weighted by Crippen LogP contribution is -2.25. The minimum Gasteiger partial charge on any atom is -0.481 e. The Hall–Kier alpha value is -1.62. The van der Waals surface area contributed by atoms with Gasteiger partial charge in [-0.3, -0.25) is 4.79 Å². The summed E-state index contributed by atoms with van der Waals surface area (Å²) in [5, 5.41) is 2.83. The van der Waals surface area contributed by atoms with Crippen molar-refractivity contribution in [3.63, 3.8) is 0 Å². The predicted molar refractivity (Wildman–Crippen MR) is 65.5 cm³/mol. The highest BCUT2D eigenvalue weighted by Crippen LogP contribution is 2.08. The van der Waals surface area contributed by atoms with Gasteiger partial charge in [0, 0.05) is 31.3 Å². The lowest BCUT2D eigenvalue weighted by atomic mass is 10.2. The SMILES string of the molecule is COc1cc(CNC(=O)CCC(C)N)ccn1. The first-order chi connectivity index (χ1) is 8.11. The maximum absolute atomic E-state index is 11.5. The molecular formula is C12H19N3O2. The highest BCUT2D eigenvalue weighted by atomic mass is 16.5. The molecule has 0 aliphatic rings. The Labute approximate surface area is 101 Å². The Morgan fingerprint density at radius 2 is 2.41 bits per heavy atom. The molecule has 0 bridgehead atoms. The second-order valence-electron chi connectivity index (χ2n) is 4.00. The number of ether oxygens (including phenoxy) is 1. The first-order valence-electron chi connectivity index (χ1n) is 5.63. The molecule has 1 heterocycles. The molecule has 0 saturated carbocycles. The molecule has 1 rings (SSSR count). The van der Waals surface area contributed by atoms with Gasteiger partial charge in [0.05, 0.1) is 7.11 Å². The zero-order valence-corrected chi connectivity index (χ0v) is 10.3. The van der Waals surface area contributed by atoms with Crippen molar-refractivity contribution in [2.75, 3.05) is 7.11 Å². The summed E-state index contributed by atoms with van der Waals surface area (Å²) in [5.74, 6) is 0.561. The van der Waals surface area contributed by atoms with Crippen LogP contribution in [0.2, 0.25) is 0 Å². The summed E-state index contributed by atoms with van der Waals surface area (Å²) in [6.45, 7) is 2.37. The molecule has 5 nitrogen and oxygen atoms in total. The van der Waals surface area contributed by atoms with Crippen LogP contribution in [0.5, 0.6) is 5.88 Å². The van der Waals surface area contributed by atoms with Crippen molar-refractivity contribution >= 4 is 5.91 Å². The molecule has 1 unspecified atom stereocenters. The lowest BCUT2D eigenvalue weighted by Gasteiger charge is -2.07. The van der Waals surface area contributed by atoms with E-state index >= 15 is 0 Å². The van der Waals surface area contributed by atoms with Crippen LogP contribution in [0.3, 0.4) is 0 Å². The third-order valence-electron chi connectivity index (χ3n) is 2.32. The fraction of sp³-hybridized carbons (Fsp3) is 0.500. The van der Waals surface area contributed by atoms with Gasteiger partial charge in [0.15, 0.2) is 0 Å². The number of carbonyl (C=O) groups excluding carboxylic acids is 1. The molecule has 0 aliphatic heterocycles. The van der Waals surface area contributed by atoms with Crippen LogP contribution in [-0.4, -0.2) is 24.0 Å². The second-order valence-corrected chi connectivity index (χ2v) is 4.00. The van der Waals surface area contributed by atoms with Gasteiger partial charge in [-0.15, -0.1) is 0 Å². The standard InChI is InChI=1S/C12H19N3O2/c1-9(13)3-4-11(16)15-8-10-5-6-14-12(7-10)17-2/h5-7,9H,3-4,8,13H2,1-2H3,(H,15,16). The number of pyridine rings is 1.